The van der Waals surface area contributed by atoms with E-state index < -0.39 is 0 Å². The van der Waals surface area contributed by atoms with Crippen LogP contribution < -0.4 is 10.6 Å². The van der Waals surface area contributed by atoms with Gasteiger partial charge in [0.2, 0.25) is 0 Å². The Morgan fingerprint density at radius 2 is 2.00 bits per heavy atom. The highest BCUT2D eigenvalue weighted by atomic mass is 16.6. The smallest absolute Gasteiger partial charge is 0.134 e. The highest BCUT2D eigenvalue weighted by Gasteiger charge is 2.15. The lowest BCUT2D eigenvalue weighted by atomic mass is 10.3. The van der Waals surface area contributed by atoms with Crippen LogP contribution in [0.2, 0.25) is 0 Å². The quantitative estimate of drug-likeness (QED) is 0.832. The summed E-state index contributed by atoms with van der Waals surface area (Å²) in [5.41, 5.74) is 1.01. The van der Waals surface area contributed by atoms with Gasteiger partial charge in [-0.25, -0.2) is 9.97 Å². The van der Waals surface area contributed by atoms with Gasteiger partial charge in [-0.1, -0.05) is 0 Å². The van der Waals surface area contributed by atoms with E-state index in [0.29, 0.717) is 26.4 Å². The van der Waals surface area contributed by atoms with Gasteiger partial charge >= 0.3 is 0 Å². The lowest BCUT2D eigenvalue weighted by Crippen LogP contribution is -2.34. The fourth-order valence-corrected chi connectivity index (χ4v) is 1.91. The molecule has 2 rings (SSSR count). The summed E-state index contributed by atoms with van der Waals surface area (Å²) in [5, 5.41) is 6.37. The molecule has 0 aromatic carbocycles. The zero-order valence-corrected chi connectivity index (χ0v) is 11.1. The molecule has 1 fully saturated rings. The minimum absolute atomic E-state index is 0.0893. The third-order valence-electron chi connectivity index (χ3n) is 2.88. The average Bonchev–Trinajstić information content (AvgIpc) is 2.40. The van der Waals surface area contributed by atoms with Crippen molar-refractivity contribution in [3.8, 4) is 0 Å². The molecule has 1 unspecified atom stereocenters. The molecule has 6 heteroatoms. The molecule has 2 N–H and O–H groups in total. The lowest BCUT2D eigenvalue weighted by molar-refractivity contribution is -0.0819. The van der Waals surface area contributed by atoms with Crippen LogP contribution in [0.25, 0.3) is 0 Å². The Kier molecular flexibility index (Phi) is 4.33. The molecule has 2 heterocycles. The minimum Gasteiger partial charge on any atom is -0.376 e. The third-order valence-corrected chi connectivity index (χ3v) is 2.88. The summed E-state index contributed by atoms with van der Waals surface area (Å²) in [6.07, 6.45) is 0.0893. The van der Waals surface area contributed by atoms with Gasteiger partial charge in [0, 0.05) is 19.2 Å². The van der Waals surface area contributed by atoms with Gasteiger partial charge in [-0.3, -0.25) is 0 Å². The molecule has 100 valence electrons. The molecule has 0 amide bonds. The van der Waals surface area contributed by atoms with Crippen LogP contribution in [0.1, 0.15) is 11.4 Å². The first-order valence-electron chi connectivity index (χ1n) is 6.17. The van der Waals surface area contributed by atoms with Crippen LogP contribution in [-0.4, -0.2) is 49.5 Å². The van der Waals surface area contributed by atoms with E-state index in [-0.39, 0.29) is 6.10 Å². The summed E-state index contributed by atoms with van der Waals surface area (Å²) in [5.74, 6) is 2.44. The van der Waals surface area contributed by atoms with E-state index in [1.165, 1.54) is 0 Å². The maximum Gasteiger partial charge on any atom is 0.134 e. The number of nitrogens with one attached hydrogen (secondary N) is 2. The number of aromatic nitrogens is 2. The van der Waals surface area contributed by atoms with Gasteiger partial charge in [0.1, 0.15) is 17.5 Å². The summed E-state index contributed by atoms with van der Waals surface area (Å²) in [4.78, 5) is 8.74. The van der Waals surface area contributed by atoms with Gasteiger partial charge in [0.25, 0.3) is 0 Å². The second kappa shape index (κ2) is 5.97. The molecule has 1 atom stereocenters. The van der Waals surface area contributed by atoms with Crippen LogP contribution in [0.3, 0.4) is 0 Å². The first-order chi connectivity index (χ1) is 8.70. The lowest BCUT2D eigenvalue weighted by Gasteiger charge is -2.23. The molecule has 0 spiro atoms. The number of hydrogen-bond acceptors (Lipinski definition) is 6. The van der Waals surface area contributed by atoms with Crippen molar-refractivity contribution in [1.29, 1.82) is 0 Å². The number of ether oxygens (including phenoxy) is 2. The van der Waals surface area contributed by atoms with E-state index in [0.717, 1.165) is 23.0 Å². The van der Waals surface area contributed by atoms with Crippen LogP contribution >= 0.6 is 0 Å². The second-order valence-corrected chi connectivity index (χ2v) is 4.29. The summed E-state index contributed by atoms with van der Waals surface area (Å²) in [6.45, 7) is 6.55. The minimum atomic E-state index is 0.0893. The van der Waals surface area contributed by atoms with E-state index in [4.69, 9.17) is 9.47 Å². The average molecular weight is 252 g/mol. The molecule has 0 saturated carbocycles. The molecular formula is C12H20N4O2. The zero-order chi connectivity index (χ0) is 13.0. The molecule has 1 aliphatic rings. The number of anilines is 2. The van der Waals surface area contributed by atoms with Gasteiger partial charge in [-0.2, -0.15) is 0 Å². The number of rotatable bonds is 4. The Labute approximate surface area is 107 Å². The number of hydrogen-bond donors (Lipinski definition) is 2. The van der Waals surface area contributed by atoms with E-state index in [1.54, 1.807) is 0 Å². The Morgan fingerprint density at radius 1 is 1.22 bits per heavy atom. The molecule has 0 bridgehead atoms. The summed E-state index contributed by atoms with van der Waals surface area (Å²) in [6, 6.07) is 0. The standard InChI is InChI=1S/C12H20N4O2/c1-8-11(13-3)15-9(2)16-12(8)14-6-10-7-17-4-5-18-10/h10H,4-7H2,1-3H3,(H2,13,14,15,16). The summed E-state index contributed by atoms with van der Waals surface area (Å²) >= 11 is 0. The van der Waals surface area contributed by atoms with Crippen molar-refractivity contribution >= 4 is 11.6 Å². The van der Waals surface area contributed by atoms with Crippen molar-refractivity contribution in [2.45, 2.75) is 20.0 Å². The number of aryl methyl sites for hydroxylation is 1. The fraction of sp³-hybridized carbons (Fsp3) is 0.667. The van der Waals surface area contributed by atoms with Crippen LogP contribution in [-0.2, 0) is 9.47 Å². The molecule has 6 nitrogen and oxygen atoms in total. The summed E-state index contributed by atoms with van der Waals surface area (Å²) < 4.78 is 10.9. The predicted octanol–water partition coefficient (Wildman–Crippen LogP) is 0.962. The van der Waals surface area contributed by atoms with Gasteiger partial charge in [-0.15, -0.1) is 0 Å². The monoisotopic (exact) mass is 252 g/mol. The van der Waals surface area contributed by atoms with Gasteiger partial charge in [-0.05, 0) is 13.8 Å². The van der Waals surface area contributed by atoms with Gasteiger partial charge in [0.15, 0.2) is 0 Å². The van der Waals surface area contributed by atoms with Crippen LogP contribution in [0.15, 0.2) is 0 Å². The second-order valence-electron chi connectivity index (χ2n) is 4.29. The Bertz CT molecular complexity index is 405. The van der Waals surface area contributed by atoms with Crippen molar-refractivity contribution < 1.29 is 9.47 Å². The fourth-order valence-electron chi connectivity index (χ4n) is 1.91. The topological polar surface area (TPSA) is 68.3 Å². The van der Waals surface area contributed by atoms with Gasteiger partial charge < -0.3 is 20.1 Å². The SMILES string of the molecule is CNc1nc(C)nc(NCC2COCCO2)c1C. The van der Waals surface area contributed by atoms with Gasteiger partial charge in [0.05, 0.1) is 25.9 Å². The molecule has 0 aliphatic carbocycles. The van der Waals surface area contributed by atoms with Crippen molar-refractivity contribution in [2.75, 3.05) is 44.0 Å². The first kappa shape index (κ1) is 13.0. The van der Waals surface area contributed by atoms with E-state index in [9.17, 15) is 0 Å². The Balaban J connectivity index is 2.01. The maximum absolute atomic E-state index is 5.58. The molecule has 0 radical (unpaired) electrons. The molecule has 1 saturated heterocycles. The van der Waals surface area contributed by atoms with E-state index >= 15 is 0 Å². The van der Waals surface area contributed by atoms with Crippen molar-refractivity contribution in [3.05, 3.63) is 11.4 Å². The normalized spacial score (nSPS) is 19.6. The highest BCUT2D eigenvalue weighted by Crippen LogP contribution is 2.19. The van der Waals surface area contributed by atoms with Crippen LogP contribution in [0, 0.1) is 13.8 Å². The Hall–Kier alpha value is -1.40. The molecular weight excluding hydrogens is 232 g/mol. The largest absolute Gasteiger partial charge is 0.376 e. The van der Waals surface area contributed by atoms with E-state index in [2.05, 4.69) is 20.6 Å². The van der Waals surface area contributed by atoms with Crippen molar-refractivity contribution in [2.24, 2.45) is 0 Å². The Morgan fingerprint density at radius 3 is 2.67 bits per heavy atom. The number of nitrogens with zero attached hydrogens (tertiary/aromatic N) is 2. The maximum atomic E-state index is 5.58. The predicted molar refractivity (Wildman–Crippen MR) is 70.1 cm³/mol. The van der Waals surface area contributed by atoms with E-state index in [1.807, 2.05) is 20.9 Å². The van der Waals surface area contributed by atoms with Crippen molar-refractivity contribution in [3.63, 3.8) is 0 Å². The molecule has 1 aromatic heterocycles. The third kappa shape index (κ3) is 3.08. The highest BCUT2D eigenvalue weighted by molar-refractivity contribution is 5.56. The molecule has 18 heavy (non-hydrogen) atoms. The first-order valence-corrected chi connectivity index (χ1v) is 6.17. The molecule has 1 aliphatic heterocycles. The van der Waals surface area contributed by atoms with Crippen molar-refractivity contribution in [1.82, 2.24) is 9.97 Å². The van der Waals surface area contributed by atoms with Crippen LogP contribution in [0.5, 0.6) is 0 Å². The van der Waals surface area contributed by atoms with Crippen LogP contribution in [0.4, 0.5) is 11.6 Å². The molecule has 1 aromatic rings. The zero-order valence-electron chi connectivity index (χ0n) is 11.1. The summed E-state index contributed by atoms with van der Waals surface area (Å²) in [7, 11) is 1.86.